The van der Waals surface area contributed by atoms with Gasteiger partial charge in [-0.25, -0.2) is 0 Å². The summed E-state index contributed by atoms with van der Waals surface area (Å²) in [7, 11) is 0. The number of aliphatic hydroxyl groups is 8. The van der Waals surface area contributed by atoms with Crippen LogP contribution in [0.4, 0.5) is 0 Å². The SMILES string of the molecule is CC/C=C\C/C=C\C/C=C\C/C=C\C/C=C\C/C=C\C/C=C\C/C=C\C/C=C\C/C=C\CCCCCCC(=O)NC(COC1OC(CO)C(OC2OC(CO)C(O)C(O)C2O)C(O)C1O)C(O)CCCCCCCCCCCCCCCCCCCCCCCCCCCCCCC. The van der Waals surface area contributed by atoms with Gasteiger partial charge in [-0.3, -0.25) is 4.79 Å². The fraction of sp³-hybridized carbons (Fsp3) is 0.750. The van der Waals surface area contributed by atoms with E-state index in [1.165, 1.54) is 161 Å². The summed E-state index contributed by atoms with van der Waals surface area (Å²) in [4.78, 5) is 13.4. The molecule has 2 heterocycles. The van der Waals surface area contributed by atoms with Crippen LogP contribution < -0.4 is 5.32 Å². The molecular formula is C84H145NO13. The molecule has 2 aliphatic heterocycles. The van der Waals surface area contributed by atoms with Crippen LogP contribution in [-0.4, -0.2) is 140 Å². The molecule has 14 nitrogen and oxygen atoms in total. The largest absolute Gasteiger partial charge is 0.394 e. The molecule has 564 valence electrons. The number of ether oxygens (including phenoxy) is 4. The van der Waals surface area contributed by atoms with Gasteiger partial charge in [-0.05, 0) is 89.9 Å². The number of carbonyl (C=O) groups excluding carboxylic acids is 1. The van der Waals surface area contributed by atoms with Crippen LogP contribution in [0.15, 0.2) is 122 Å². The lowest BCUT2D eigenvalue weighted by Gasteiger charge is -2.46. The maximum atomic E-state index is 13.4. The van der Waals surface area contributed by atoms with E-state index in [0.29, 0.717) is 12.8 Å². The summed E-state index contributed by atoms with van der Waals surface area (Å²) in [6.45, 7) is 2.76. The number of allylic oxidation sites excluding steroid dienone is 20. The van der Waals surface area contributed by atoms with Crippen molar-refractivity contribution >= 4 is 5.91 Å². The molecule has 2 aliphatic rings. The summed E-state index contributed by atoms with van der Waals surface area (Å²) < 4.78 is 23.0. The van der Waals surface area contributed by atoms with Gasteiger partial charge < -0.3 is 65.1 Å². The van der Waals surface area contributed by atoms with E-state index in [2.05, 4.69) is 141 Å². The van der Waals surface area contributed by atoms with Gasteiger partial charge in [0.1, 0.15) is 48.8 Å². The molecular weight excluding hydrogens is 1230 g/mol. The minimum Gasteiger partial charge on any atom is -0.394 e. The van der Waals surface area contributed by atoms with Gasteiger partial charge in [-0.2, -0.15) is 0 Å². The van der Waals surface area contributed by atoms with E-state index in [-0.39, 0.29) is 18.9 Å². The molecule has 98 heavy (non-hydrogen) atoms. The standard InChI is InChI=1S/C84H145NO13/c1-3-5-7-9-11-13-15-17-19-21-23-25-27-29-31-33-34-35-36-37-38-40-42-44-46-48-50-52-54-56-58-60-62-64-66-68-76(89)85-72(71-95-83-81(94)79(92)82(75(70-87)97-83)98-84-80(93)78(91)77(90)74(69-86)96-84)73(88)67-65-63-61-59-57-55-53-51-49-47-45-43-41-39-32-30-28-26-24-22-20-18-16-14-12-10-8-6-4-2/h5,7,11,13,17,19,23,25,29,31,34-35,37-38,42,44,48,50,54,56,72-75,77-84,86-88,90-94H,3-4,6,8-10,12,14-16,18,20-22,24,26-28,30,32-33,36,39-41,43,45-47,49,51-53,55,57-71H2,1-2H3,(H,85,89)/b7-5-,13-11-,19-17-,25-23-,31-29-,35-34-,38-37-,44-42-,50-48-,56-54-. The zero-order valence-corrected chi connectivity index (χ0v) is 61.7. The summed E-state index contributed by atoms with van der Waals surface area (Å²) >= 11 is 0. The van der Waals surface area contributed by atoms with Crippen molar-refractivity contribution < 1.29 is 64.6 Å². The van der Waals surface area contributed by atoms with Crippen molar-refractivity contribution in [1.82, 2.24) is 5.32 Å². The molecule has 0 bridgehead atoms. The second kappa shape index (κ2) is 66.6. The normalized spacial score (nSPS) is 22.7. The van der Waals surface area contributed by atoms with Crippen LogP contribution in [0.2, 0.25) is 0 Å². The molecule has 2 rings (SSSR count). The van der Waals surface area contributed by atoms with Gasteiger partial charge in [-0.1, -0.05) is 334 Å². The van der Waals surface area contributed by atoms with Gasteiger partial charge in [0.25, 0.3) is 0 Å². The Morgan fingerprint density at radius 1 is 0.378 bits per heavy atom. The van der Waals surface area contributed by atoms with Gasteiger partial charge in [0.15, 0.2) is 12.6 Å². The van der Waals surface area contributed by atoms with Crippen LogP contribution in [0.3, 0.4) is 0 Å². The number of aliphatic hydroxyl groups excluding tert-OH is 8. The van der Waals surface area contributed by atoms with E-state index >= 15 is 0 Å². The van der Waals surface area contributed by atoms with Gasteiger partial charge in [0, 0.05) is 6.42 Å². The van der Waals surface area contributed by atoms with Crippen molar-refractivity contribution in [3.63, 3.8) is 0 Å². The number of hydrogen-bond donors (Lipinski definition) is 9. The number of unbranched alkanes of at least 4 members (excludes halogenated alkanes) is 32. The Morgan fingerprint density at radius 2 is 0.704 bits per heavy atom. The average Bonchev–Trinajstić information content (AvgIpc) is 0.797. The molecule has 0 saturated carbocycles. The molecule has 1 amide bonds. The van der Waals surface area contributed by atoms with Gasteiger partial charge in [0.2, 0.25) is 5.91 Å². The summed E-state index contributed by atoms with van der Waals surface area (Å²) in [5.41, 5.74) is 0. The lowest BCUT2D eigenvalue weighted by molar-refractivity contribution is -0.359. The van der Waals surface area contributed by atoms with E-state index in [1.807, 2.05) is 0 Å². The molecule has 0 aromatic heterocycles. The van der Waals surface area contributed by atoms with Crippen molar-refractivity contribution in [3.05, 3.63) is 122 Å². The highest BCUT2D eigenvalue weighted by atomic mass is 16.7. The predicted molar refractivity (Wildman–Crippen MR) is 405 cm³/mol. The molecule has 12 unspecified atom stereocenters. The highest BCUT2D eigenvalue weighted by Gasteiger charge is 2.51. The first-order valence-corrected chi connectivity index (χ1v) is 39.8. The minimum absolute atomic E-state index is 0.232. The second-order valence-electron chi connectivity index (χ2n) is 27.5. The number of nitrogens with one attached hydrogen (secondary N) is 1. The zero-order chi connectivity index (χ0) is 70.8. The van der Waals surface area contributed by atoms with Crippen molar-refractivity contribution in [2.24, 2.45) is 0 Å². The molecule has 2 saturated heterocycles. The smallest absolute Gasteiger partial charge is 0.220 e. The fourth-order valence-corrected chi connectivity index (χ4v) is 12.4. The summed E-state index contributed by atoms with van der Waals surface area (Å²) in [6.07, 6.45) is 80.8. The molecule has 0 aromatic rings. The first kappa shape index (κ1) is 90.5. The third-order valence-corrected chi connectivity index (χ3v) is 18.7. The van der Waals surface area contributed by atoms with Crippen molar-refractivity contribution in [1.29, 1.82) is 0 Å². The highest BCUT2D eigenvalue weighted by molar-refractivity contribution is 5.76. The Balaban J connectivity index is 1.65. The highest BCUT2D eigenvalue weighted by Crippen LogP contribution is 2.30. The summed E-state index contributed by atoms with van der Waals surface area (Å²) in [5.74, 6) is -0.232. The van der Waals surface area contributed by atoms with Crippen LogP contribution in [0.5, 0.6) is 0 Å². The van der Waals surface area contributed by atoms with E-state index in [9.17, 15) is 45.6 Å². The van der Waals surface area contributed by atoms with Gasteiger partial charge >= 0.3 is 0 Å². The third-order valence-electron chi connectivity index (χ3n) is 18.7. The fourth-order valence-electron chi connectivity index (χ4n) is 12.4. The molecule has 2 fully saturated rings. The Hall–Kier alpha value is -3.61. The molecule has 14 heteroatoms. The quantitative estimate of drug-likeness (QED) is 0.0204. The van der Waals surface area contributed by atoms with Crippen LogP contribution in [0.25, 0.3) is 0 Å². The first-order chi connectivity index (χ1) is 48.1. The van der Waals surface area contributed by atoms with E-state index in [0.717, 1.165) is 116 Å². The van der Waals surface area contributed by atoms with Crippen molar-refractivity contribution in [2.75, 3.05) is 19.8 Å². The number of amides is 1. The maximum absolute atomic E-state index is 13.4. The molecule has 0 spiro atoms. The zero-order valence-electron chi connectivity index (χ0n) is 61.7. The van der Waals surface area contributed by atoms with Crippen molar-refractivity contribution in [2.45, 2.75) is 383 Å². The lowest BCUT2D eigenvalue weighted by Crippen LogP contribution is -2.65. The number of rotatable bonds is 65. The van der Waals surface area contributed by atoms with Gasteiger partial charge in [-0.15, -0.1) is 0 Å². The van der Waals surface area contributed by atoms with Crippen LogP contribution in [0, 0.1) is 0 Å². The summed E-state index contributed by atoms with van der Waals surface area (Å²) in [6, 6.07) is -0.854. The second-order valence-corrected chi connectivity index (χ2v) is 27.5. The monoisotopic (exact) mass is 1380 g/mol. The Labute approximate surface area is 597 Å². The Kier molecular flexibility index (Phi) is 61.5. The van der Waals surface area contributed by atoms with Crippen molar-refractivity contribution in [3.8, 4) is 0 Å². The Bertz CT molecular complexity index is 2110. The predicted octanol–water partition coefficient (Wildman–Crippen LogP) is 18.0. The third kappa shape index (κ3) is 49.1. The molecule has 0 radical (unpaired) electrons. The average molecular weight is 1380 g/mol. The van der Waals surface area contributed by atoms with Gasteiger partial charge in [0.05, 0.1) is 32.0 Å². The summed E-state index contributed by atoms with van der Waals surface area (Å²) in [5, 5.41) is 87.8. The molecule has 0 aromatic carbocycles. The molecule has 12 atom stereocenters. The number of hydrogen-bond acceptors (Lipinski definition) is 13. The topological polar surface area (TPSA) is 228 Å². The number of carbonyl (C=O) groups is 1. The van der Waals surface area contributed by atoms with E-state index < -0.39 is 86.8 Å². The van der Waals surface area contributed by atoms with Crippen LogP contribution >= 0.6 is 0 Å². The van der Waals surface area contributed by atoms with Crippen LogP contribution in [0.1, 0.15) is 309 Å². The molecule has 9 N–H and O–H groups in total. The van der Waals surface area contributed by atoms with E-state index in [4.69, 9.17) is 18.9 Å². The molecule has 0 aliphatic carbocycles. The lowest BCUT2D eigenvalue weighted by atomic mass is 9.97. The van der Waals surface area contributed by atoms with E-state index in [1.54, 1.807) is 0 Å². The van der Waals surface area contributed by atoms with Crippen LogP contribution in [-0.2, 0) is 23.7 Å². The Morgan fingerprint density at radius 3 is 1.08 bits per heavy atom. The first-order valence-electron chi connectivity index (χ1n) is 39.8. The maximum Gasteiger partial charge on any atom is 0.220 e. The minimum atomic E-state index is -1.79.